The second-order valence-electron chi connectivity index (χ2n) is 4.53. The lowest BCUT2D eigenvalue weighted by Gasteiger charge is -2.25. The number of nitrogens with one attached hydrogen (secondary N) is 1. The number of para-hydroxylation sites is 2. The highest BCUT2D eigenvalue weighted by molar-refractivity contribution is 5.93. The molecule has 20 heavy (non-hydrogen) atoms. The summed E-state index contributed by atoms with van der Waals surface area (Å²) >= 11 is 0. The molecule has 1 aliphatic heterocycles. The van der Waals surface area contributed by atoms with Crippen LogP contribution in [0.5, 0.6) is 5.75 Å². The number of hydrogen-bond donors (Lipinski definition) is 1. The van der Waals surface area contributed by atoms with Crippen molar-refractivity contribution in [2.24, 2.45) is 0 Å². The van der Waals surface area contributed by atoms with Crippen molar-refractivity contribution in [1.82, 2.24) is 4.90 Å². The fraction of sp³-hybridized carbons (Fsp3) is 0.429. The van der Waals surface area contributed by atoms with Gasteiger partial charge in [-0.15, -0.1) is 0 Å². The van der Waals surface area contributed by atoms with E-state index < -0.39 is 12.2 Å². The molecule has 6 nitrogen and oxygen atoms in total. The lowest BCUT2D eigenvalue weighted by atomic mass is 10.1. The van der Waals surface area contributed by atoms with Gasteiger partial charge in [0.25, 0.3) is 0 Å². The van der Waals surface area contributed by atoms with Crippen LogP contribution in [0.25, 0.3) is 0 Å². The summed E-state index contributed by atoms with van der Waals surface area (Å²) in [5.74, 6) is 0.509. The maximum atomic E-state index is 11.8. The minimum atomic E-state index is -0.801. The normalized spacial score (nSPS) is 14.6. The zero-order valence-corrected chi connectivity index (χ0v) is 11.4. The number of carbonyl (C=O) groups is 2. The van der Waals surface area contributed by atoms with Crippen molar-refractivity contribution < 1.29 is 19.1 Å². The van der Waals surface area contributed by atoms with E-state index in [4.69, 9.17) is 9.47 Å². The van der Waals surface area contributed by atoms with Gasteiger partial charge in [0.15, 0.2) is 0 Å². The number of nitrogens with zero attached hydrogens (tertiary/aromatic N) is 1. The molecule has 1 aromatic rings. The van der Waals surface area contributed by atoms with Gasteiger partial charge in [0.2, 0.25) is 0 Å². The van der Waals surface area contributed by atoms with Gasteiger partial charge in [-0.25, -0.2) is 9.59 Å². The SMILES string of the molecule is COc1ccccc1NC(=O)OC(=O)N1CCCCC1. The first-order valence-corrected chi connectivity index (χ1v) is 6.61. The lowest BCUT2D eigenvalue weighted by Crippen LogP contribution is -2.37. The van der Waals surface area contributed by atoms with E-state index >= 15 is 0 Å². The zero-order chi connectivity index (χ0) is 14.4. The summed E-state index contributed by atoms with van der Waals surface area (Å²) < 4.78 is 9.88. The van der Waals surface area contributed by atoms with Crippen molar-refractivity contribution >= 4 is 17.9 Å². The van der Waals surface area contributed by atoms with E-state index in [0.717, 1.165) is 19.3 Å². The van der Waals surface area contributed by atoms with Gasteiger partial charge in [-0.1, -0.05) is 12.1 Å². The molecule has 0 radical (unpaired) electrons. The monoisotopic (exact) mass is 278 g/mol. The van der Waals surface area contributed by atoms with Gasteiger partial charge in [-0.3, -0.25) is 5.32 Å². The number of anilines is 1. The van der Waals surface area contributed by atoms with Crippen LogP contribution in [0.3, 0.4) is 0 Å². The van der Waals surface area contributed by atoms with Crippen molar-refractivity contribution in [1.29, 1.82) is 0 Å². The van der Waals surface area contributed by atoms with E-state index in [9.17, 15) is 9.59 Å². The number of rotatable bonds is 2. The molecule has 2 rings (SSSR count). The molecular weight excluding hydrogens is 260 g/mol. The molecule has 1 heterocycles. The van der Waals surface area contributed by atoms with E-state index in [0.29, 0.717) is 24.5 Å². The standard InChI is InChI=1S/C14H18N2O4/c1-19-12-8-4-3-7-11(12)15-13(17)20-14(18)16-9-5-2-6-10-16/h3-4,7-8H,2,5-6,9-10H2,1H3,(H,15,17). The molecule has 0 unspecified atom stereocenters. The van der Waals surface area contributed by atoms with Crippen LogP contribution in [0.1, 0.15) is 19.3 Å². The van der Waals surface area contributed by atoms with Crippen molar-refractivity contribution in [3.63, 3.8) is 0 Å². The van der Waals surface area contributed by atoms with Crippen LogP contribution < -0.4 is 10.1 Å². The number of carbonyl (C=O) groups excluding carboxylic acids is 2. The summed E-state index contributed by atoms with van der Waals surface area (Å²) in [4.78, 5) is 25.0. The highest BCUT2D eigenvalue weighted by Crippen LogP contribution is 2.23. The minimum Gasteiger partial charge on any atom is -0.495 e. The summed E-state index contributed by atoms with van der Waals surface area (Å²) in [6.07, 6.45) is 1.60. The van der Waals surface area contributed by atoms with Gasteiger partial charge in [-0.05, 0) is 31.4 Å². The second-order valence-corrected chi connectivity index (χ2v) is 4.53. The molecule has 1 N–H and O–H groups in total. The third-order valence-corrected chi connectivity index (χ3v) is 3.14. The molecule has 1 fully saturated rings. The predicted octanol–water partition coefficient (Wildman–Crippen LogP) is 2.85. The predicted molar refractivity (Wildman–Crippen MR) is 73.9 cm³/mol. The van der Waals surface area contributed by atoms with Gasteiger partial charge in [0.1, 0.15) is 5.75 Å². The molecule has 0 atom stereocenters. The molecule has 1 aliphatic rings. The molecule has 108 valence electrons. The third kappa shape index (κ3) is 3.63. The summed E-state index contributed by atoms with van der Waals surface area (Å²) in [7, 11) is 1.50. The highest BCUT2D eigenvalue weighted by atomic mass is 16.6. The first-order valence-electron chi connectivity index (χ1n) is 6.61. The van der Waals surface area contributed by atoms with Crippen LogP contribution in [-0.2, 0) is 4.74 Å². The van der Waals surface area contributed by atoms with Crippen LogP contribution in [-0.4, -0.2) is 37.3 Å². The van der Waals surface area contributed by atoms with Crippen LogP contribution in [0.4, 0.5) is 15.3 Å². The number of amides is 2. The Labute approximate surface area is 117 Å². The molecule has 6 heteroatoms. The molecule has 0 bridgehead atoms. The van der Waals surface area contributed by atoms with E-state index in [1.54, 1.807) is 29.2 Å². The summed E-state index contributed by atoms with van der Waals surface area (Å²) in [5.41, 5.74) is 0.464. The summed E-state index contributed by atoms with van der Waals surface area (Å²) in [5, 5.41) is 2.50. The van der Waals surface area contributed by atoms with Crippen LogP contribution in [0.15, 0.2) is 24.3 Å². The smallest absolute Gasteiger partial charge is 0.420 e. The van der Waals surface area contributed by atoms with E-state index in [1.807, 2.05) is 0 Å². The molecule has 0 saturated carbocycles. The Hall–Kier alpha value is -2.24. The van der Waals surface area contributed by atoms with Crippen LogP contribution in [0.2, 0.25) is 0 Å². The number of methoxy groups -OCH3 is 1. The van der Waals surface area contributed by atoms with Crippen molar-refractivity contribution in [2.45, 2.75) is 19.3 Å². The van der Waals surface area contributed by atoms with Crippen molar-refractivity contribution in [2.75, 3.05) is 25.5 Å². The molecule has 0 aliphatic carbocycles. The van der Waals surface area contributed by atoms with Gasteiger partial charge in [0, 0.05) is 13.1 Å². The molecular formula is C14H18N2O4. The first-order chi connectivity index (χ1) is 9.70. The topological polar surface area (TPSA) is 67.9 Å². The van der Waals surface area contributed by atoms with Crippen molar-refractivity contribution in [3.8, 4) is 5.75 Å². The number of piperidine rings is 1. The Bertz CT molecular complexity index is 484. The summed E-state index contributed by atoms with van der Waals surface area (Å²) in [6.45, 7) is 1.28. The fourth-order valence-electron chi connectivity index (χ4n) is 2.10. The number of benzene rings is 1. The van der Waals surface area contributed by atoms with Gasteiger partial charge in [0.05, 0.1) is 12.8 Å². The second kappa shape index (κ2) is 6.79. The Morgan fingerprint density at radius 2 is 1.85 bits per heavy atom. The van der Waals surface area contributed by atoms with Gasteiger partial charge < -0.3 is 14.4 Å². The molecule has 2 amide bonds. The van der Waals surface area contributed by atoms with Crippen molar-refractivity contribution in [3.05, 3.63) is 24.3 Å². The third-order valence-electron chi connectivity index (χ3n) is 3.14. The lowest BCUT2D eigenvalue weighted by molar-refractivity contribution is 0.117. The average molecular weight is 278 g/mol. The highest BCUT2D eigenvalue weighted by Gasteiger charge is 2.21. The largest absolute Gasteiger partial charge is 0.495 e. The first kappa shape index (κ1) is 14.2. The zero-order valence-electron chi connectivity index (χ0n) is 11.4. The Morgan fingerprint density at radius 3 is 2.55 bits per heavy atom. The number of ether oxygens (including phenoxy) is 2. The maximum absolute atomic E-state index is 11.8. The van der Waals surface area contributed by atoms with E-state index in [2.05, 4.69) is 5.32 Å². The molecule has 0 spiro atoms. The van der Waals surface area contributed by atoms with Gasteiger partial charge >= 0.3 is 12.2 Å². The number of likely N-dealkylation sites (tertiary alicyclic amines) is 1. The van der Waals surface area contributed by atoms with Crippen LogP contribution >= 0.6 is 0 Å². The molecule has 0 aromatic heterocycles. The van der Waals surface area contributed by atoms with E-state index in [1.165, 1.54) is 7.11 Å². The number of hydrogen-bond acceptors (Lipinski definition) is 4. The Balaban J connectivity index is 1.90. The van der Waals surface area contributed by atoms with Gasteiger partial charge in [-0.2, -0.15) is 0 Å². The molecule has 1 saturated heterocycles. The molecule has 1 aromatic carbocycles. The maximum Gasteiger partial charge on any atom is 0.420 e. The minimum absolute atomic E-state index is 0.464. The quantitative estimate of drug-likeness (QED) is 0.845. The fourth-order valence-corrected chi connectivity index (χ4v) is 2.10. The van der Waals surface area contributed by atoms with E-state index in [-0.39, 0.29) is 0 Å². The average Bonchev–Trinajstić information content (AvgIpc) is 2.48. The Morgan fingerprint density at radius 1 is 1.15 bits per heavy atom. The van der Waals surface area contributed by atoms with Crippen LogP contribution in [0, 0.1) is 0 Å². The summed E-state index contributed by atoms with van der Waals surface area (Å²) in [6, 6.07) is 6.92. The Kier molecular flexibility index (Phi) is 4.81.